The molecular weight excluding hydrogens is 164 g/mol. The summed E-state index contributed by atoms with van der Waals surface area (Å²) in [5, 5.41) is 6.28. The van der Waals surface area contributed by atoms with Crippen LogP contribution >= 0.6 is 0 Å². The molecule has 1 unspecified atom stereocenters. The lowest BCUT2D eigenvalue weighted by molar-refractivity contribution is -0.117. The summed E-state index contributed by atoms with van der Waals surface area (Å²) in [5.74, 6) is 0.0243. The van der Waals surface area contributed by atoms with Crippen LogP contribution in [0.25, 0.3) is 0 Å². The van der Waals surface area contributed by atoms with E-state index in [2.05, 4.69) is 10.6 Å². The lowest BCUT2D eigenvalue weighted by Crippen LogP contribution is -2.40. The van der Waals surface area contributed by atoms with Gasteiger partial charge >= 0.3 is 0 Å². The van der Waals surface area contributed by atoms with Gasteiger partial charge in [0, 0.05) is 12.6 Å². The van der Waals surface area contributed by atoms with Gasteiger partial charge in [0.25, 0.3) is 0 Å². The fourth-order valence-corrected chi connectivity index (χ4v) is 1.54. The van der Waals surface area contributed by atoms with Crippen LogP contribution in [0.3, 0.4) is 0 Å². The van der Waals surface area contributed by atoms with Crippen molar-refractivity contribution in [3.8, 4) is 0 Å². The van der Waals surface area contributed by atoms with Gasteiger partial charge in [-0.15, -0.1) is 0 Å². The van der Waals surface area contributed by atoms with E-state index in [4.69, 9.17) is 0 Å². The largest absolute Gasteiger partial charge is 0.349 e. The molecule has 3 nitrogen and oxygen atoms in total. The third-order valence-electron chi connectivity index (χ3n) is 2.21. The molecule has 74 valence electrons. The number of carbonyl (C=O) groups is 1. The molecule has 0 saturated carbocycles. The van der Waals surface area contributed by atoms with Crippen LogP contribution in [-0.4, -0.2) is 25.0 Å². The second-order valence-corrected chi connectivity index (χ2v) is 3.41. The average molecular weight is 182 g/mol. The summed E-state index contributed by atoms with van der Waals surface area (Å²) >= 11 is 0. The molecule has 3 heteroatoms. The third kappa shape index (κ3) is 4.08. The molecule has 1 rings (SSSR count). The van der Waals surface area contributed by atoms with Gasteiger partial charge in [-0.1, -0.05) is 12.5 Å². The molecule has 0 bridgehead atoms. The lowest BCUT2D eigenvalue weighted by atomic mass is 10.1. The van der Waals surface area contributed by atoms with Gasteiger partial charge < -0.3 is 10.6 Å². The average Bonchev–Trinajstić information content (AvgIpc) is 2.33. The van der Waals surface area contributed by atoms with E-state index in [9.17, 15) is 4.79 Å². The quantitative estimate of drug-likeness (QED) is 0.621. The molecule has 1 saturated heterocycles. The molecule has 1 atom stereocenters. The molecule has 1 aliphatic rings. The first-order valence-corrected chi connectivity index (χ1v) is 4.97. The summed E-state index contributed by atoms with van der Waals surface area (Å²) in [6.45, 7) is 3.84. The lowest BCUT2D eigenvalue weighted by Gasteiger charge is -2.14. The number of hydrogen-bond acceptors (Lipinski definition) is 2. The second kappa shape index (κ2) is 5.75. The van der Waals surface area contributed by atoms with Crippen molar-refractivity contribution >= 4 is 5.91 Å². The first-order chi connectivity index (χ1) is 6.33. The number of hydrogen-bond donors (Lipinski definition) is 2. The predicted molar refractivity (Wildman–Crippen MR) is 53.5 cm³/mol. The van der Waals surface area contributed by atoms with E-state index in [1.807, 2.05) is 6.92 Å². The maximum atomic E-state index is 11.2. The highest BCUT2D eigenvalue weighted by molar-refractivity contribution is 5.87. The molecular formula is C10H18N2O. The number of amides is 1. The number of rotatable bonds is 2. The fourth-order valence-electron chi connectivity index (χ4n) is 1.54. The van der Waals surface area contributed by atoms with Gasteiger partial charge in [0.2, 0.25) is 5.91 Å². The first-order valence-electron chi connectivity index (χ1n) is 4.97. The normalized spacial score (nSPS) is 24.2. The molecule has 0 radical (unpaired) electrons. The van der Waals surface area contributed by atoms with Crippen molar-refractivity contribution < 1.29 is 4.79 Å². The summed E-state index contributed by atoms with van der Waals surface area (Å²) in [4.78, 5) is 11.2. The first kappa shape index (κ1) is 10.3. The molecule has 0 aromatic carbocycles. The Morgan fingerprint density at radius 2 is 2.38 bits per heavy atom. The van der Waals surface area contributed by atoms with E-state index in [1.54, 1.807) is 12.2 Å². The zero-order valence-electron chi connectivity index (χ0n) is 8.18. The maximum Gasteiger partial charge on any atom is 0.243 e. The van der Waals surface area contributed by atoms with Crippen LogP contribution < -0.4 is 10.6 Å². The van der Waals surface area contributed by atoms with Gasteiger partial charge in [-0.05, 0) is 32.4 Å². The topological polar surface area (TPSA) is 41.1 Å². The molecule has 0 spiro atoms. The molecule has 2 N–H and O–H groups in total. The van der Waals surface area contributed by atoms with Crippen molar-refractivity contribution in [2.75, 3.05) is 13.1 Å². The molecule has 13 heavy (non-hydrogen) atoms. The van der Waals surface area contributed by atoms with Crippen LogP contribution in [0.2, 0.25) is 0 Å². The SMILES string of the molecule is CC=CC(=O)NC1CCCCNC1. The Balaban J connectivity index is 2.29. The minimum atomic E-state index is 0.0243. The highest BCUT2D eigenvalue weighted by atomic mass is 16.1. The van der Waals surface area contributed by atoms with Crippen molar-refractivity contribution in [1.29, 1.82) is 0 Å². The van der Waals surface area contributed by atoms with Gasteiger partial charge in [0.05, 0.1) is 0 Å². The zero-order valence-corrected chi connectivity index (χ0v) is 8.18. The van der Waals surface area contributed by atoms with Gasteiger partial charge in [-0.25, -0.2) is 0 Å². The van der Waals surface area contributed by atoms with Crippen LogP contribution in [0, 0.1) is 0 Å². The zero-order chi connectivity index (χ0) is 9.52. The maximum absolute atomic E-state index is 11.2. The Morgan fingerprint density at radius 3 is 3.15 bits per heavy atom. The van der Waals surface area contributed by atoms with E-state index in [0.29, 0.717) is 6.04 Å². The van der Waals surface area contributed by atoms with Gasteiger partial charge in [-0.3, -0.25) is 4.79 Å². The van der Waals surface area contributed by atoms with Crippen molar-refractivity contribution in [1.82, 2.24) is 10.6 Å². The Kier molecular flexibility index (Phi) is 4.54. The summed E-state index contributed by atoms with van der Waals surface area (Å²) in [5.41, 5.74) is 0. The van der Waals surface area contributed by atoms with Gasteiger partial charge in [0.1, 0.15) is 0 Å². The Hall–Kier alpha value is -0.830. The molecule has 1 fully saturated rings. The minimum absolute atomic E-state index is 0.0243. The van der Waals surface area contributed by atoms with Crippen molar-refractivity contribution in [2.24, 2.45) is 0 Å². The molecule has 1 heterocycles. The number of carbonyl (C=O) groups excluding carboxylic acids is 1. The standard InChI is InChI=1S/C10H18N2O/c1-2-5-10(13)12-9-6-3-4-7-11-8-9/h2,5,9,11H,3-4,6-8H2,1H3,(H,12,13). The molecule has 1 aliphatic heterocycles. The summed E-state index contributed by atoms with van der Waals surface area (Å²) in [6.07, 6.45) is 6.85. The Morgan fingerprint density at radius 1 is 1.54 bits per heavy atom. The van der Waals surface area contributed by atoms with Crippen molar-refractivity contribution in [2.45, 2.75) is 32.2 Å². The van der Waals surface area contributed by atoms with E-state index < -0.39 is 0 Å². The van der Waals surface area contributed by atoms with Crippen molar-refractivity contribution in [3.05, 3.63) is 12.2 Å². The number of nitrogens with one attached hydrogen (secondary N) is 2. The van der Waals surface area contributed by atoms with Crippen molar-refractivity contribution in [3.63, 3.8) is 0 Å². The summed E-state index contributed by atoms with van der Waals surface area (Å²) < 4.78 is 0. The Labute approximate surface area is 79.6 Å². The van der Waals surface area contributed by atoms with E-state index in [1.165, 1.54) is 12.8 Å². The van der Waals surface area contributed by atoms with Gasteiger partial charge in [-0.2, -0.15) is 0 Å². The van der Waals surface area contributed by atoms with Crippen LogP contribution in [0.5, 0.6) is 0 Å². The summed E-state index contributed by atoms with van der Waals surface area (Å²) in [6, 6.07) is 0.311. The highest BCUT2D eigenvalue weighted by Crippen LogP contribution is 2.03. The molecule has 0 aliphatic carbocycles. The molecule has 1 amide bonds. The smallest absolute Gasteiger partial charge is 0.243 e. The monoisotopic (exact) mass is 182 g/mol. The van der Waals surface area contributed by atoms with Crippen LogP contribution in [-0.2, 0) is 4.79 Å². The minimum Gasteiger partial charge on any atom is -0.349 e. The number of allylic oxidation sites excluding steroid dienone is 1. The Bertz CT molecular complexity index is 181. The van der Waals surface area contributed by atoms with E-state index in [0.717, 1.165) is 19.5 Å². The predicted octanol–water partition coefficient (Wildman–Crippen LogP) is 0.821. The second-order valence-electron chi connectivity index (χ2n) is 3.41. The fraction of sp³-hybridized carbons (Fsp3) is 0.700. The van der Waals surface area contributed by atoms with Crippen LogP contribution in [0.4, 0.5) is 0 Å². The highest BCUT2D eigenvalue weighted by Gasteiger charge is 2.12. The molecule has 0 aromatic heterocycles. The molecule has 0 aromatic rings. The van der Waals surface area contributed by atoms with Crippen LogP contribution in [0.1, 0.15) is 26.2 Å². The van der Waals surface area contributed by atoms with Gasteiger partial charge in [0.15, 0.2) is 0 Å². The van der Waals surface area contributed by atoms with Crippen LogP contribution in [0.15, 0.2) is 12.2 Å². The summed E-state index contributed by atoms with van der Waals surface area (Å²) in [7, 11) is 0. The van der Waals surface area contributed by atoms with E-state index >= 15 is 0 Å². The third-order valence-corrected chi connectivity index (χ3v) is 2.21. The van der Waals surface area contributed by atoms with E-state index in [-0.39, 0.29) is 5.91 Å².